The first-order valence-electron chi connectivity index (χ1n) is 2.21. The van der Waals surface area contributed by atoms with Crippen LogP contribution in [0.3, 0.4) is 0 Å². The molecular weight excluding hydrogens is 294 g/mol. The van der Waals surface area contributed by atoms with Gasteiger partial charge in [-0.25, -0.2) is 4.79 Å². The fourth-order valence-electron chi connectivity index (χ4n) is 0. The number of carboxylic acid groups (broad SMARTS) is 2. The summed E-state index contributed by atoms with van der Waals surface area (Å²) in [5.41, 5.74) is 0. The van der Waals surface area contributed by atoms with E-state index in [9.17, 15) is 0 Å². The molecule has 0 amide bonds. The molecule has 0 aromatic heterocycles. The Morgan fingerprint density at radius 2 is 0.938 bits per heavy atom. The number of hydrogen-bond acceptors (Lipinski definition) is 9. The van der Waals surface area contributed by atoms with Crippen molar-refractivity contribution in [2.24, 2.45) is 0 Å². The molecule has 0 rings (SSSR count). The van der Waals surface area contributed by atoms with Crippen LogP contribution in [0.5, 0.6) is 0 Å². The Kier molecular flexibility index (Phi) is 27.0. The maximum atomic E-state index is 8.56. The van der Waals surface area contributed by atoms with Crippen LogP contribution in [0.15, 0.2) is 0 Å². The molecule has 0 unspecified atom stereocenters. The molecule has 11 nitrogen and oxygen atoms in total. The van der Waals surface area contributed by atoms with Crippen LogP contribution in [0.25, 0.3) is 0 Å². The molecule has 0 heterocycles. The average Bonchev–Trinajstić information content (AvgIpc) is 1.45. The molecule has 0 radical (unpaired) electrons. The maximum absolute atomic E-state index is 8.56. The second-order valence-electron chi connectivity index (χ2n) is 1.29. The molecule has 0 saturated carbocycles. The Morgan fingerprint density at radius 1 is 0.938 bits per heavy atom. The predicted octanol–water partition coefficient (Wildman–Crippen LogP) is -9.72. The van der Waals surface area contributed by atoms with Gasteiger partial charge in [-0.3, -0.25) is 8.42 Å². The van der Waals surface area contributed by atoms with Gasteiger partial charge in [-0.1, -0.05) is 0 Å². The molecule has 0 aromatic carbocycles. The van der Waals surface area contributed by atoms with Crippen LogP contribution >= 0.6 is 0 Å². The third-order valence-electron chi connectivity index (χ3n) is 0. The van der Waals surface area contributed by atoms with Gasteiger partial charge in [0.05, 0.1) is 0 Å². The number of rotatable bonds is 0. The molecule has 16 heavy (non-hydrogen) atoms. The van der Waals surface area contributed by atoms with Crippen molar-refractivity contribution in [3.8, 4) is 0 Å². The van der Waals surface area contributed by atoms with Crippen molar-refractivity contribution >= 4 is 25.6 Å². The fraction of sp³-hybridized carbons (Fsp3) is 0. The largest absolute Gasteiger partial charge is 1.00 e. The fourth-order valence-corrected chi connectivity index (χ4v) is 0. The van der Waals surface area contributed by atoms with E-state index < -0.39 is 25.6 Å². The predicted molar refractivity (Wildman–Crippen MR) is 35.8 cm³/mol. The van der Waals surface area contributed by atoms with E-state index in [0.29, 0.717) is 0 Å². The van der Waals surface area contributed by atoms with Gasteiger partial charge in [0, 0.05) is 10.4 Å². The molecule has 88 valence electrons. The summed E-state index contributed by atoms with van der Waals surface area (Å²) < 4.78 is 34.1. The summed E-state index contributed by atoms with van der Waals surface area (Å²) in [7, 11) is -9.78. The van der Waals surface area contributed by atoms with Crippen LogP contribution in [0.2, 0.25) is 0 Å². The van der Waals surface area contributed by atoms with E-state index in [2.05, 4.69) is 0 Å². The van der Waals surface area contributed by atoms with Gasteiger partial charge in [0.2, 0.25) is 0 Å². The van der Waals surface area contributed by atoms with E-state index in [0.717, 1.165) is 0 Å². The molecule has 0 spiro atoms. The van der Waals surface area contributed by atoms with Gasteiger partial charge in [-0.2, -0.15) is 0 Å². The van der Waals surface area contributed by atoms with E-state index in [1.54, 1.807) is 0 Å². The van der Waals surface area contributed by atoms with Crippen LogP contribution in [0.1, 0.15) is 0 Å². The Morgan fingerprint density at radius 3 is 0.938 bits per heavy atom. The van der Waals surface area contributed by atoms with Crippen molar-refractivity contribution in [3.05, 3.63) is 0 Å². The quantitative estimate of drug-likeness (QED) is 0.140. The molecule has 0 bridgehead atoms. The second-order valence-corrected chi connectivity index (χ2v) is 3.31. The van der Waals surface area contributed by atoms with Gasteiger partial charge in [0.25, 0.3) is 0 Å². The minimum atomic E-state index is -5.17. The van der Waals surface area contributed by atoms with Gasteiger partial charge < -0.3 is 38.5 Å². The number of hydrogen-bond donors (Lipinski definition) is 6. The molecule has 0 saturated heterocycles. The third kappa shape index (κ3) is 2140. The summed E-state index contributed by atoms with van der Waals surface area (Å²) >= 11 is 0. The first-order valence-corrected chi connectivity index (χ1v) is 5.33. The minimum absolute atomic E-state index is 0. The molecule has 0 fully saturated rings. The summed E-state index contributed by atoms with van der Waals surface area (Å²) in [6.07, 6.45) is -1.83. The van der Waals surface area contributed by atoms with Crippen molar-refractivity contribution in [1.29, 1.82) is 0 Å². The molecule has 0 aliphatic heterocycles. The normalized spacial score (nSPS) is 8.88. The van der Waals surface area contributed by atoms with Gasteiger partial charge in [-0.05, 0) is 0 Å². The van der Waals surface area contributed by atoms with E-state index >= 15 is 0 Å². The Hall–Kier alpha value is 1.20. The third-order valence-corrected chi connectivity index (χ3v) is 0. The number of carbonyl (C=O) groups is 1. The smallest absolute Gasteiger partial charge is 0.759 e. The topological polar surface area (TPSA) is 219 Å². The minimum Gasteiger partial charge on any atom is -0.759 e. The SMILES string of the molecule is O=C(O)O.O=S(=O)([O-])[O-].O[Si](O)(O)O.[Na+].[Na+]. The van der Waals surface area contributed by atoms with Crippen LogP contribution < -0.4 is 59.1 Å². The molecule has 0 aliphatic rings. The zero-order valence-corrected chi connectivity index (χ0v) is 13.9. The van der Waals surface area contributed by atoms with Crippen molar-refractivity contribution in [2.75, 3.05) is 0 Å². The van der Waals surface area contributed by atoms with E-state index in [1.807, 2.05) is 0 Å². The van der Waals surface area contributed by atoms with E-state index in [4.69, 9.17) is 51.7 Å². The zero-order chi connectivity index (χ0) is 12.6. The van der Waals surface area contributed by atoms with Crippen molar-refractivity contribution in [3.63, 3.8) is 0 Å². The molecular formula is CH6Na2O11SSi. The molecule has 0 aromatic rings. The van der Waals surface area contributed by atoms with Gasteiger partial charge >= 0.3 is 74.3 Å². The van der Waals surface area contributed by atoms with Crippen LogP contribution in [0.4, 0.5) is 4.79 Å². The summed E-state index contributed by atoms with van der Waals surface area (Å²) in [5, 5.41) is 13.9. The summed E-state index contributed by atoms with van der Waals surface area (Å²) in [6.45, 7) is 0. The molecule has 15 heteroatoms. The van der Waals surface area contributed by atoms with Crippen molar-refractivity contribution in [1.82, 2.24) is 0 Å². The first-order chi connectivity index (χ1) is 5.73. The van der Waals surface area contributed by atoms with E-state index in [-0.39, 0.29) is 59.1 Å². The Bertz CT molecular complexity index is 223. The van der Waals surface area contributed by atoms with Gasteiger partial charge in [0.15, 0.2) is 0 Å². The Labute approximate surface area is 135 Å². The summed E-state index contributed by atoms with van der Waals surface area (Å²) in [6, 6.07) is 0. The monoisotopic (exact) mass is 300 g/mol. The van der Waals surface area contributed by atoms with Crippen molar-refractivity contribution in [2.45, 2.75) is 0 Å². The van der Waals surface area contributed by atoms with Crippen molar-refractivity contribution < 1.29 is 111 Å². The van der Waals surface area contributed by atoms with Gasteiger partial charge in [0.1, 0.15) is 0 Å². The molecule has 6 N–H and O–H groups in total. The standard InChI is InChI=1S/CH2O3.2Na.H2O4S.H4O4Si/c2-1(3)4;;;2*1-5(2,3)4/h(H2,2,3,4);;;(H2,1,2,3,4);1-4H/q;2*+1;;/p-2. The summed E-state index contributed by atoms with van der Waals surface area (Å²) in [5.74, 6) is 0. The first kappa shape index (κ1) is 30.3. The summed E-state index contributed by atoms with van der Waals surface area (Å²) in [4.78, 5) is 37.9. The maximum Gasteiger partial charge on any atom is 1.00 e. The van der Waals surface area contributed by atoms with Crippen LogP contribution in [0, 0.1) is 0 Å². The second kappa shape index (κ2) is 14.3. The van der Waals surface area contributed by atoms with Gasteiger partial charge in [-0.15, -0.1) is 0 Å². The average molecular weight is 300 g/mol. The van der Waals surface area contributed by atoms with E-state index in [1.165, 1.54) is 0 Å². The van der Waals surface area contributed by atoms with Crippen LogP contribution in [-0.4, -0.2) is 62.1 Å². The Balaban J connectivity index is -0.0000000358. The zero-order valence-electron chi connectivity index (χ0n) is 8.13. The van der Waals surface area contributed by atoms with Crippen LogP contribution in [-0.2, 0) is 10.4 Å². The molecule has 0 atom stereocenters. The molecule has 0 aliphatic carbocycles.